The van der Waals surface area contributed by atoms with Gasteiger partial charge < -0.3 is 4.90 Å². The van der Waals surface area contributed by atoms with Gasteiger partial charge in [-0.2, -0.15) is 10.4 Å². The number of rotatable bonds is 5. The molecule has 98 valence electrons. The molecule has 7 heteroatoms. The van der Waals surface area contributed by atoms with E-state index < -0.39 is 4.92 Å². The minimum atomic E-state index is -0.419. The number of nitrogens with zero attached hydrogens (tertiary/aromatic N) is 5. The second-order valence-corrected chi connectivity index (χ2v) is 4.21. The van der Waals surface area contributed by atoms with Gasteiger partial charge in [-0.15, -0.1) is 0 Å². The highest BCUT2D eigenvalue weighted by atomic mass is 16.6. The average molecular weight is 251 g/mol. The van der Waals surface area contributed by atoms with Crippen LogP contribution in [0.5, 0.6) is 0 Å². The highest BCUT2D eigenvalue weighted by Gasteiger charge is 2.28. The molecule has 0 N–H and O–H groups in total. The number of anilines is 1. The summed E-state index contributed by atoms with van der Waals surface area (Å²) in [5.41, 5.74) is 0.407. The Morgan fingerprint density at radius 2 is 2.28 bits per heavy atom. The molecule has 1 heterocycles. The molecule has 1 aromatic heterocycles. The van der Waals surface area contributed by atoms with Crippen molar-refractivity contribution in [1.29, 1.82) is 5.26 Å². The average Bonchev–Trinajstić information content (AvgIpc) is 2.60. The fourth-order valence-corrected chi connectivity index (χ4v) is 1.94. The van der Waals surface area contributed by atoms with Crippen molar-refractivity contribution in [3.05, 3.63) is 15.8 Å². The van der Waals surface area contributed by atoms with Crippen LogP contribution in [0.15, 0.2) is 0 Å². The fourth-order valence-electron chi connectivity index (χ4n) is 1.94. The summed E-state index contributed by atoms with van der Waals surface area (Å²) in [5, 5.41) is 24.0. The smallest absolute Gasteiger partial charge is 0.333 e. The van der Waals surface area contributed by atoms with Gasteiger partial charge >= 0.3 is 5.69 Å². The Kier molecular flexibility index (Phi) is 4.26. The van der Waals surface area contributed by atoms with E-state index in [-0.39, 0.29) is 11.6 Å². The van der Waals surface area contributed by atoms with Gasteiger partial charge in [0.25, 0.3) is 0 Å². The van der Waals surface area contributed by atoms with Crippen LogP contribution in [0.2, 0.25) is 0 Å². The summed E-state index contributed by atoms with van der Waals surface area (Å²) in [5.74, 6) is 0.266. The van der Waals surface area contributed by atoms with Crippen molar-refractivity contribution in [2.45, 2.75) is 20.8 Å². The second kappa shape index (κ2) is 5.49. The molecule has 0 bridgehead atoms. The molecule has 0 amide bonds. The number of hydrogen-bond donors (Lipinski definition) is 0. The van der Waals surface area contributed by atoms with Gasteiger partial charge in [0.2, 0.25) is 5.82 Å². The Labute approximate surface area is 106 Å². The highest BCUT2D eigenvalue weighted by molar-refractivity contribution is 5.61. The highest BCUT2D eigenvalue weighted by Crippen LogP contribution is 2.31. The van der Waals surface area contributed by atoms with Crippen LogP contribution < -0.4 is 4.90 Å². The zero-order valence-corrected chi connectivity index (χ0v) is 11.0. The number of nitriles is 1. The molecule has 0 aliphatic carbocycles. The van der Waals surface area contributed by atoms with Crippen molar-refractivity contribution in [3.8, 4) is 6.07 Å². The van der Waals surface area contributed by atoms with E-state index in [1.807, 2.05) is 11.8 Å². The van der Waals surface area contributed by atoms with Crippen molar-refractivity contribution in [3.63, 3.8) is 0 Å². The molecule has 1 aromatic rings. The standard InChI is InChI=1S/C11H17N5O2/c1-5-15(7-8(2)6-12)11-10(16(17)18)9(3)13-14(11)4/h8H,5,7H2,1-4H3. The lowest BCUT2D eigenvalue weighted by molar-refractivity contribution is -0.384. The van der Waals surface area contributed by atoms with Crippen LogP contribution in [-0.2, 0) is 7.05 Å². The van der Waals surface area contributed by atoms with E-state index in [4.69, 9.17) is 5.26 Å². The van der Waals surface area contributed by atoms with Crippen molar-refractivity contribution < 1.29 is 4.92 Å². The zero-order chi connectivity index (χ0) is 13.9. The van der Waals surface area contributed by atoms with E-state index in [0.29, 0.717) is 24.6 Å². The van der Waals surface area contributed by atoms with Crippen LogP contribution in [-0.4, -0.2) is 27.8 Å². The fraction of sp³-hybridized carbons (Fsp3) is 0.636. The predicted octanol–water partition coefficient (Wildman–Crippen LogP) is 1.62. The van der Waals surface area contributed by atoms with E-state index in [9.17, 15) is 10.1 Å². The Bertz CT molecular complexity index is 488. The molecule has 0 spiro atoms. The van der Waals surface area contributed by atoms with Crippen LogP contribution in [0.25, 0.3) is 0 Å². The molecule has 0 fully saturated rings. The van der Waals surface area contributed by atoms with Gasteiger partial charge in [-0.3, -0.25) is 10.1 Å². The molecule has 0 saturated heterocycles. The lowest BCUT2D eigenvalue weighted by atomic mass is 10.2. The Hall–Kier alpha value is -2.10. The molecule has 0 saturated carbocycles. The molecule has 18 heavy (non-hydrogen) atoms. The molecular weight excluding hydrogens is 234 g/mol. The molecular formula is C11H17N5O2. The minimum Gasteiger partial charge on any atom is -0.350 e. The largest absolute Gasteiger partial charge is 0.350 e. The minimum absolute atomic E-state index is 0.0180. The van der Waals surface area contributed by atoms with E-state index in [0.717, 1.165) is 0 Å². The van der Waals surface area contributed by atoms with Crippen LogP contribution >= 0.6 is 0 Å². The Balaban J connectivity index is 3.21. The molecule has 0 aromatic carbocycles. The second-order valence-electron chi connectivity index (χ2n) is 4.21. The summed E-state index contributed by atoms with van der Waals surface area (Å²) in [6.07, 6.45) is 0. The molecule has 1 unspecified atom stereocenters. The maximum Gasteiger partial charge on any atom is 0.333 e. The summed E-state index contributed by atoms with van der Waals surface area (Å²) in [4.78, 5) is 12.5. The van der Waals surface area contributed by atoms with Crippen LogP contribution in [0.1, 0.15) is 19.5 Å². The third kappa shape index (κ3) is 2.59. The van der Waals surface area contributed by atoms with Gasteiger partial charge in [0.15, 0.2) is 0 Å². The number of aromatic nitrogens is 2. The zero-order valence-electron chi connectivity index (χ0n) is 11.0. The van der Waals surface area contributed by atoms with Gasteiger partial charge in [-0.05, 0) is 20.8 Å². The molecule has 1 rings (SSSR count). The lowest BCUT2D eigenvalue weighted by Gasteiger charge is -2.22. The van der Waals surface area contributed by atoms with Gasteiger partial charge in [0, 0.05) is 20.1 Å². The number of aryl methyl sites for hydroxylation is 2. The molecule has 0 aliphatic rings. The first-order valence-electron chi connectivity index (χ1n) is 5.74. The summed E-state index contributed by atoms with van der Waals surface area (Å²) in [7, 11) is 1.68. The van der Waals surface area contributed by atoms with Gasteiger partial charge in [0.1, 0.15) is 5.69 Å². The van der Waals surface area contributed by atoms with Crippen LogP contribution in [0.3, 0.4) is 0 Å². The molecule has 7 nitrogen and oxygen atoms in total. The quantitative estimate of drug-likeness (QED) is 0.586. The van der Waals surface area contributed by atoms with Gasteiger partial charge in [0.05, 0.1) is 16.9 Å². The van der Waals surface area contributed by atoms with Crippen molar-refractivity contribution in [2.24, 2.45) is 13.0 Å². The van der Waals surface area contributed by atoms with Gasteiger partial charge in [-0.25, -0.2) is 4.68 Å². The van der Waals surface area contributed by atoms with Gasteiger partial charge in [-0.1, -0.05) is 0 Å². The van der Waals surface area contributed by atoms with Crippen LogP contribution in [0.4, 0.5) is 11.5 Å². The Morgan fingerprint density at radius 3 is 2.72 bits per heavy atom. The van der Waals surface area contributed by atoms with Crippen LogP contribution in [0, 0.1) is 34.3 Å². The SMILES string of the molecule is CCN(CC(C)C#N)c1c([N+](=O)[O-])c(C)nn1C. The normalized spacial score (nSPS) is 11.9. The molecule has 0 aliphatic heterocycles. The summed E-state index contributed by atoms with van der Waals surface area (Å²) in [6.45, 7) is 6.34. The first-order chi connectivity index (χ1) is 8.42. The summed E-state index contributed by atoms with van der Waals surface area (Å²) < 4.78 is 1.50. The first kappa shape index (κ1) is 14.0. The number of hydrogen-bond acceptors (Lipinski definition) is 5. The van der Waals surface area contributed by atoms with E-state index in [1.54, 1.807) is 20.9 Å². The topological polar surface area (TPSA) is 88.0 Å². The molecule has 0 radical (unpaired) electrons. The van der Waals surface area contributed by atoms with Crippen molar-refractivity contribution >= 4 is 11.5 Å². The van der Waals surface area contributed by atoms with E-state index >= 15 is 0 Å². The Morgan fingerprint density at radius 1 is 1.67 bits per heavy atom. The third-order valence-corrected chi connectivity index (χ3v) is 2.74. The maximum atomic E-state index is 11.1. The number of nitro groups is 1. The van der Waals surface area contributed by atoms with E-state index in [2.05, 4.69) is 11.2 Å². The third-order valence-electron chi connectivity index (χ3n) is 2.74. The lowest BCUT2D eigenvalue weighted by Crippen LogP contribution is -2.30. The first-order valence-corrected chi connectivity index (χ1v) is 5.74. The van der Waals surface area contributed by atoms with E-state index in [1.165, 1.54) is 4.68 Å². The summed E-state index contributed by atoms with van der Waals surface area (Å²) >= 11 is 0. The monoisotopic (exact) mass is 251 g/mol. The maximum absolute atomic E-state index is 11.1. The predicted molar refractivity (Wildman–Crippen MR) is 67.3 cm³/mol. The molecule has 1 atom stereocenters. The van der Waals surface area contributed by atoms with Crippen molar-refractivity contribution in [1.82, 2.24) is 9.78 Å². The van der Waals surface area contributed by atoms with Crippen molar-refractivity contribution in [2.75, 3.05) is 18.0 Å². The summed E-state index contributed by atoms with van der Waals surface area (Å²) in [6, 6.07) is 2.13.